The molecule has 0 aliphatic carbocycles. The van der Waals surface area contributed by atoms with Gasteiger partial charge in [0, 0.05) is 17.9 Å². The Labute approximate surface area is 157 Å². The molecule has 6 nitrogen and oxygen atoms in total. The Morgan fingerprint density at radius 2 is 2.00 bits per heavy atom. The molecule has 0 aliphatic heterocycles. The van der Waals surface area contributed by atoms with Crippen LogP contribution in [0.3, 0.4) is 0 Å². The number of amides is 2. The third kappa shape index (κ3) is 5.50. The summed E-state index contributed by atoms with van der Waals surface area (Å²) in [6.07, 6.45) is 1.02. The van der Waals surface area contributed by atoms with Gasteiger partial charge in [-0.1, -0.05) is 30.3 Å². The van der Waals surface area contributed by atoms with Crippen LogP contribution in [0.15, 0.2) is 42.3 Å². The molecule has 1 heterocycles. The lowest BCUT2D eigenvalue weighted by atomic mass is 10.1. The average molecular weight is 373 g/mol. The maximum atomic E-state index is 12.0. The number of thiazole rings is 1. The van der Waals surface area contributed by atoms with Crippen LogP contribution >= 0.6 is 11.3 Å². The summed E-state index contributed by atoms with van der Waals surface area (Å²) in [7, 11) is 0. The van der Waals surface area contributed by atoms with Crippen LogP contribution in [0.4, 0.5) is 5.13 Å². The van der Waals surface area contributed by atoms with Crippen molar-refractivity contribution in [1.29, 1.82) is 0 Å². The van der Waals surface area contributed by atoms with Crippen LogP contribution in [0.5, 0.6) is 0 Å². The number of rotatable bonds is 8. The summed E-state index contributed by atoms with van der Waals surface area (Å²) in [5, 5.41) is 8.01. The highest BCUT2D eigenvalue weighted by Crippen LogP contribution is 2.26. The molecule has 2 N–H and O–H groups in total. The van der Waals surface area contributed by atoms with Gasteiger partial charge >= 0.3 is 0 Å². The number of hydrogen-bond acceptors (Lipinski definition) is 5. The summed E-state index contributed by atoms with van der Waals surface area (Å²) >= 11 is 1.36. The van der Waals surface area contributed by atoms with Crippen molar-refractivity contribution in [3.05, 3.63) is 47.9 Å². The van der Waals surface area contributed by atoms with Crippen LogP contribution in [-0.2, 0) is 14.3 Å². The molecule has 0 saturated heterocycles. The van der Waals surface area contributed by atoms with E-state index in [1.807, 2.05) is 36.6 Å². The lowest BCUT2D eigenvalue weighted by Crippen LogP contribution is -2.27. The van der Waals surface area contributed by atoms with Crippen molar-refractivity contribution >= 4 is 28.3 Å². The lowest BCUT2D eigenvalue weighted by Gasteiger charge is -2.13. The zero-order valence-corrected chi connectivity index (χ0v) is 15.9. The van der Waals surface area contributed by atoms with Crippen LogP contribution in [0.25, 0.3) is 11.3 Å². The molecule has 7 heteroatoms. The van der Waals surface area contributed by atoms with E-state index in [1.165, 1.54) is 18.3 Å². The van der Waals surface area contributed by atoms with Crippen molar-refractivity contribution < 1.29 is 14.3 Å². The Morgan fingerprint density at radius 1 is 1.31 bits per heavy atom. The van der Waals surface area contributed by atoms with Gasteiger partial charge in [0.05, 0.1) is 18.3 Å². The minimum atomic E-state index is -0.574. The predicted molar refractivity (Wildman–Crippen MR) is 104 cm³/mol. The summed E-state index contributed by atoms with van der Waals surface area (Å²) in [5.74, 6) is -0.306. The van der Waals surface area contributed by atoms with Gasteiger partial charge in [-0.3, -0.25) is 14.9 Å². The number of nitrogens with zero attached hydrogens (tertiary/aromatic N) is 1. The number of hydrogen-bond donors (Lipinski definition) is 2. The molecule has 0 fully saturated rings. The maximum absolute atomic E-state index is 12.0. The van der Waals surface area contributed by atoms with Crippen LogP contribution in [0, 0.1) is 0 Å². The summed E-state index contributed by atoms with van der Waals surface area (Å²) < 4.78 is 5.30. The van der Waals surface area contributed by atoms with E-state index in [2.05, 4.69) is 22.2 Å². The highest BCUT2D eigenvalue weighted by atomic mass is 32.1. The second kappa shape index (κ2) is 9.26. The maximum Gasteiger partial charge on any atom is 0.255 e. The number of carbonyl (C=O) groups is 2. The van der Waals surface area contributed by atoms with Gasteiger partial charge in [-0.05, 0) is 19.4 Å². The first-order valence-electron chi connectivity index (χ1n) is 8.27. The second-order valence-corrected chi connectivity index (χ2v) is 6.69. The fourth-order valence-electron chi connectivity index (χ4n) is 2.29. The molecule has 1 aromatic heterocycles. The van der Waals surface area contributed by atoms with Crippen molar-refractivity contribution in [1.82, 2.24) is 10.3 Å². The van der Waals surface area contributed by atoms with Crippen LogP contribution in [0.1, 0.15) is 32.4 Å². The molecule has 0 unspecified atom stereocenters. The Balaban J connectivity index is 2.01. The standard InChI is InChI=1S/C19H23N3O3S/c1-5-10-25-13(3)18(24)22-19-21-17(11-26-19)16-8-6-15(7-9-16)12(2)20-14(4)23/h5-9,11-13H,1,10H2,2-4H3,(H,20,23)(H,21,22,24)/t12-,13-/m0/s1. The van der Waals surface area contributed by atoms with Crippen molar-refractivity contribution in [3.8, 4) is 11.3 Å². The van der Waals surface area contributed by atoms with Crippen molar-refractivity contribution in [2.75, 3.05) is 11.9 Å². The minimum Gasteiger partial charge on any atom is -0.365 e. The van der Waals surface area contributed by atoms with Crippen molar-refractivity contribution in [2.24, 2.45) is 0 Å². The normalized spacial score (nSPS) is 12.9. The van der Waals surface area contributed by atoms with Gasteiger partial charge in [0.25, 0.3) is 5.91 Å². The lowest BCUT2D eigenvalue weighted by molar-refractivity contribution is -0.125. The largest absolute Gasteiger partial charge is 0.365 e. The van der Waals surface area contributed by atoms with Gasteiger partial charge in [0.15, 0.2) is 5.13 Å². The summed E-state index contributed by atoms with van der Waals surface area (Å²) in [4.78, 5) is 27.6. The van der Waals surface area contributed by atoms with E-state index in [1.54, 1.807) is 13.0 Å². The highest BCUT2D eigenvalue weighted by Gasteiger charge is 2.15. The third-order valence-electron chi connectivity index (χ3n) is 3.69. The first-order chi connectivity index (χ1) is 12.4. The fourth-order valence-corrected chi connectivity index (χ4v) is 3.01. The number of carbonyl (C=O) groups excluding carboxylic acids is 2. The molecule has 0 radical (unpaired) electrons. The quantitative estimate of drug-likeness (QED) is 0.694. The zero-order valence-electron chi connectivity index (χ0n) is 15.1. The Morgan fingerprint density at radius 3 is 2.62 bits per heavy atom. The van der Waals surface area contributed by atoms with Crippen LogP contribution < -0.4 is 10.6 Å². The number of nitrogens with one attached hydrogen (secondary N) is 2. The van der Waals surface area contributed by atoms with Crippen molar-refractivity contribution in [3.63, 3.8) is 0 Å². The molecule has 26 heavy (non-hydrogen) atoms. The minimum absolute atomic E-state index is 0.0520. The van der Waals surface area contributed by atoms with E-state index in [-0.39, 0.29) is 17.9 Å². The highest BCUT2D eigenvalue weighted by molar-refractivity contribution is 7.14. The molecular formula is C19H23N3O3S. The van der Waals surface area contributed by atoms with E-state index in [9.17, 15) is 9.59 Å². The van der Waals surface area contributed by atoms with Gasteiger partial charge in [0.1, 0.15) is 6.10 Å². The van der Waals surface area contributed by atoms with Gasteiger partial charge in [0.2, 0.25) is 5.91 Å². The number of anilines is 1. The molecule has 0 bridgehead atoms. The fraction of sp³-hybridized carbons (Fsp3) is 0.316. The van der Waals surface area contributed by atoms with E-state index in [4.69, 9.17) is 4.74 Å². The molecule has 2 amide bonds. The summed E-state index contributed by atoms with van der Waals surface area (Å²) in [6, 6.07) is 7.76. The van der Waals surface area contributed by atoms with Crippen LogP contribution in [-0.4, -0.2) is 29.5 Å². The average Bonchev–Trinajstić information content (AvgIpc) is 3.07. The Hall–Kier alpha value is -2.51. The van der Waals surface area contributed by atoms with E-state index in [0.29, 0.717) is 11.7 Å². The Kier molecular flexibility index (Phi) is 7.06. The Bertz CT molecular complexity index is 771. The number of ether oxygens (including phenoxy) is 1. The molecule has 0 saturated carbocycles. The van der Waals surface area contributed by atoms with Gasteiger partial charge in [-0.15, -0.1) is 17.9 Å². The number of benzene rings is 1. The molecule has 2 aromatic rings. The van der Waals surface area contributed by atoms with E-state index >= 15 is 0 Å². The summed E-state index contributed by atoms with van der Waals surface area (Å²) in [6.45, 7) is 8.99. The molecule has 2 atom stereocenters. The summed E-state index contributed by atoms with van der Waals surface area (Å²) in [5.41, 5.74) is 2.74. The van der Waals surface area contributed by atoms with Crippen molar-refractivity contribution in [2.45, 2.75) is 32.9 Å². The van der Waals surface area contributed by atoms with Crippen LogP contribution in [0.2, 0.25) is 0 Å². The first-order valence-corrected chi connectivity index (χ1v) is 9.15. The van der Waals surface area contributed by atoms with E-state index < -0.39 is 6.10 Å². The van der Waals surface area contributed by atoms with Gasteiger partial charge < -0.3 is 10.1 Å². The second-order valence-electron chi connectivity index (χ2n) is 5.84. The molecular weight excluding hydrogens is 350 g/mol. The van der Waals surface area contributed by atoms with Gasteiger partial charge in [-0.2, -0.15) is 0 Å². The third-order valence-corrected chi connectivity index (χ3v) is 4.45. The van der Waals surface area contributed by atoms with E-state index in [0.717, 1.165) is 16.8 Å². The molecule has 1 aromatic carbocycles. The topological polar surface area (TPSA) is 80.3 Å². The molecule has 0 aliphatic rings. The first kappa shape index (κ1) is 19.8. The smallest absolute Gasteiger partial charge is 0.255 e. The molecule has 2 rings (SSSR count). The predicted octanol–water partition coefficient (Wildman–Crippen LogP) is 3.54. The molecule has 138 valence electrons. The van der Waals surface area contributed by atoms with Gasteiger partial charge in [-0.25, -0.2) is 4.98 Å². The number of aromatic nitrogens is 1. The monoisotopic (exact) mass is 373 g/mol. The zero-order chi connectivity index (χ0) is 19.1. The SMILES string of the molecule is C=CCO[C@@H](C)C(=O)Nc1nc(-c2ccc([C@H](C)NC(C)=O)cc2)cs1. The molecule has 0 spiro atoms.